The molecule has 540 valence electrons. The van der Waals surface area contributed by atoms with Crippen LogP contribution in [0.2, 0.25) is 0 Å². The second kappa shape index (κ2) is 42.0. The molecule has 0 aliphatic heterocycles. The van der Waals surface area contributed by atoms with Crippen LogP contribution in [0.1, 0.15) is 123 Å². The number of rotatable bonds is 36. The van der Waals surface area contributed by atoms with Crippen molar-refractivity contribution >= 4 is 70.6 Å². The lowest BCUT2D eigenvalue weighted by molar-refractivity contribution is -0.158. The minimum atomic E-state index is -0.893. The summed E-state index contributed by atoms with van der Waals surface area (Å²) in [6, 6.07) is 46.6. The van der Waals surface area contributed by atoms with Crippen LogP contribution in [0.5, 0.6) is 34.5 Å². The Kier molecular flexibility index (Phi) is 35.3. The van der Waals surface area contributed by atoms with Crippen molar-refractivity contribution < 1.29 is 95.8 Å². The monoisotopic (exact) mass is 1430 g/mol. The number of carbonyl (C=O) groups is 6. The van der Waals surface area contributed by atoms with E-state index in [9.17, 15) is 33.9 Å². The summed E-state index contributed by atoms with van der Waals surface area (Å²) in [6.07, 6.45) is -3.25. The molecule has 23 heteroatoms. The van der Waals surface area contributed by atoms with E-state index < -0.39 is 60.4 Å². The van der Waals surface area contributed by atoms with Crippen molar-refractivity contribution in [1.82, 2.24) is 0 Å². The van der Waals surface area contributed by atoms with Crippen molar-refractivity contribution in [3.8, 4) is 34.5 Å². The first-order valence-electron chi connectivity index (χ1n) is 32.2. The van der Waals surface area contributed by atoms with Gasteiger partial charge in [0.05, 0.1) is 25.0 Å². The number of ether oxygens (including phenoxy) is 12. The van der Waals surface area contributed by atoms with E-state index in [-0.39, 0.29) is 86.8 Å². The van der Waals surface area contributed by atoms with Gasteiger partial charge < -0.3 is 67.1 Å². The third-order valence-corrected chi connectivity index (χ3v) is 16.5. The number of hydrogen-bond donors (Lipinski definition) is 2. The Morgan fingerprint density at radius 3 is 0.737 bits per heavy atom. The largest absolute Gasteiger partial charge is 0.493 e. The Morgan fingerprint density at radius 2 is 0.535 bits per heavy atom. The predicted molar refractivity (Wildman–Crippen MR) is 378 cm³/mol. The van der Waals surface area contributed by atoms with Crippen LogP contribution in [0.4, 0.5) is 0 Å². The van der Waals surface area contributed by atoms with Gasteiger partial charge >= 0.3 is 35.8 Å². The summed E-state index contributed by atoms with van der Waals surface area (Å²) in [6.45, 7) is 23.4. The molecule has 0 saturated heterocycles. The van der Waals surface area contributed by atoms with E-state index in [1.165, 1.54) is 41.5 Å². The van der Waals surface area contributed by atoms with Gasteiger partial charge in [0.1, 0.15) is 99.1 Å². The summed E-state index contributed by atoms with van der Waals surface area (Å²) >= 11 is 17.4. The zero-order valence-electron chi connectivity index (χ0n) is 58.7. The number of benzene rings is 6. The third-order valence-electron chi connectivity index (χ3n) is 15.3. The molecule has 0 saturated carbocycles. The van der Waals surface area contributed by atoms with Crippen LogP contribution < -0.4 is 28.4 Å². The van der Waals surface area contributed by atoms with Gasteiger partial charge in [-0.3, -0.25) is 28.8 Å². The first kappa shape index (κ1) is 83.2. The van der Waals surface area contributed by atoms with Crippen molar-refractivity contribution in [3.63, 3.8) is 0 Å². The van der Waals surface area contributed by atoms with Gasteiger partial charge in [-0.15, -0.1) is 34.8 Å². The molecule has 2 N–H and O–H groups in total. The highest BCUT2D eigenvalue weighted by Crippen LogP contribution is 2.37. The highest BCUT2D eigenvalue weighted by atomic mass is 35.5. The van der Waals surface area contributed by atoms with Gasteiger partial charge in [-0.05, 0) is 106 Å². The normalized spacial score (nSPS) is 13.0. The maximum atomic E-state index is 11.3. The fourth-order valence-electron chi connectivity index (χ4n) is 9.40. The van der Waals surface area contributed by atoms with Gasteiger partial charge in [-0.1, -0.05) is 121 Å². The van der Waals surface area contributed by atoms with E-state index in [2.05, 4.69) is 53.7 Å². The number of hydrogen-bond acceptors (Lipinski definition) is 20. The number of halogens is 3. The molecule has 0 aromatic heterocycles. The molecular formula is C76H95Cl3O20. The summed E-state index contributed by atoms with van der Waals surface area (Å²) in [4.78, 5) is 66.8. The van der Waals surface area contributed by atoms with Crippen LogP contribution in [0.25, 0.3) is 0 Å². The quantitative estimate of drug-likeness (QED) is 0.0211. The maximum Gasteiger partial charge on any atom is 0.303 e. The predicted octanol–water partition coefficient (Wildman–Crippen LogP) is 12.9. The highest BCUT2D eigenvalue weighted by Gasteiger charge is 2.27. The molecule has 0 amide bonds. The first-order chi connectivity index (χ1) is 46.9. The maximum absolute atomic E-state index is 11.3. The van der Waals surface area contributed by atoms with Crippen molar-refractivity contribution in [3.05, 3.63) is 179 Å². The summed E-state index contributed by atoms with van der Waals surface area (Å²) < 4.78 is 64.5. The Hall–Kier alpha value is -8.27. The van der Waals surface area contributed by atoms with Gasteiger partial charge in [0.15, 0.2) is 12.2 Å². The third kappa shape index (κ3) is 30.0. The van der Waals surface area contributed by atoms with Crippen LogP contribution in [-0.2, 0) is 73.4 Å². The Morgan fingerprint density at radius 1 is 0.323 bits per heavy atom. The second-order valence-electron chi connectivity index (χ2n) is 24.8. The molecule has 6 aromatic rings. The van der Waals surface area contributed by atoms with Crippen LogP contribution in [0.3, 0.4) is 0 Å². The molecule has 6 aromatic carbocycles. The molecule has 0 fully saturated rings. The lowest BCUT2D eigenvalue weighted by atomic mass is 9.78. The van der Waals surface area contributed by atoms with E-state index in [1.807, 2.05) is 140 Å². The molecule has 0 bridgehead atoms. The van der Waals surface area contributed by atoms with E-state index in [1.54, 1.807) is 0 Å². The minimum absolute atomic E-state index is 0.0444. The molecule has 6 rings (SSSR count). The summed E-state index contributed by atoms with van der Waals surface area (Å²) in [5.41, 5.74) is 5.85. The molecule has 0 radical (unpaired) electrons. The molecule has 99 heavy (non-hydrogen) atoms. The lowest BCUT2D eigenvalue weighted by Gasteiger charge is -2.27. The molecule has 20 nitrogen and oxygen atoms in total. The number of aliphatic hydroxyl groups excluding tert-OH is 2. The summed E-state index contributed by atoms with van der Waals surface area (Å²) in [5, 5.41) is 18.2. The number of carbonyl (C=O) groups excluding carboxylic acids is 6. The van der Waals surface area contributed by atoms with E-state index >= 15 is 0 Å². The topological polar surface area (TPSA) is 254 Å². The van der Waals surface area contributed by atoms with Crippen molar-refractivity contribution in [1.29, 1.82) is 0 Å². The molecule has 6 atom stereocenters. The van der Waals surface area contributed by atoms with Crippen LogP contribution >= 0.6 is 34.8 Å². The van der Waals surface area contributed by atoms with Gasteiger partial charge in [0, 0.05) is 69.6 Å². The number of alkyl halides is 3. The van der Waals surface area contributed by atoms with E-state index in [0.717, 1.165) is 39.1 Å². The van der Waals surface area contributed by atoms with Crippen molar-refractivity contribution in [2.45, 2.75) is 137 Å². The minimum Gasteiger partial charge on any atom is -0.493 e. The van der Waals surface area contributed by atoms with Crippen LogP contribution in [0.15, 0.2) is 146 Å². The molecule has 0 heterocycles. The van der Waals surface area contributed by atoms with Crippen LogP contribution in [0, 0.1) is 5.92 Å². The molecule has 0 aliphatic carbocycles. The van der Waals surface area contributed by atoms with E-state index in [4.69, 9.17) is 96.8 Å². The van der Waals surface area contributed by atoms with Crippen molar-refractivity contribution in [2.75, 3.05) is 77.1 Å². The lowest BCUT2D eigenvalue weighted by Crippen LogP contribution is -2.29. The Labute approximate surface area is 596 Å². The van der Waals surface area contributed by atoms with Gasteiger partial charge in [-0.25, -0.2) is 0 Å². The molecule has 0 unspecified atom stereocenters. The van der Waals surface area contributed by atoms with E-state index in [0.29, 0.717) is 47.2 Å². The smallest absolute Gasteiger partial charge is 0.303 e. The summed E-state index contributed by atoms with van der Waals surface area (Å²) in [7, 11) is 0. The fourth-order valence-corrected chi connectivity index (χ4v) is 9.80. The zero-order valence-corrected chi connectivity index (χ0v) is 61.0. The van der Waals surface area contributed by atoms with Gasteiger partial charge in [0.25, 0.3) is 0 Å². The Bertz CT molecular complexity index is 3400. The number of aliphatic hydroxyl groups is 2. The van der Waals surface area contributed by atoms with Gasteiger partial charge in [0.2, 0.25) is 0 Å². The average molecular weight is 1430 g/mol. The Balaban J connectivity index is 0.000000317. The summed E-state index contributed by atoms with van der Waals surface area (Å²) in [5.74, 6) is 2.57. The number of esters is 6. The molecule has 0 aliphatic rings. The van der Waals surface area contributed by atoms with Gasteiger partial charge in [-0.2, -0.15) is 0 Å². The highest BCUT2D eigenvalue weighted by molar-refractivity contribution is 6.18. The molecular weight excluding hydrogens is 1340 g/mol. The first-order valence-corrected chi connectivity index (χ1v) is 33.8. The fraction of sp³-hybridized carbons (Fsp3) is 0.447. The molecule has 0 spiro atoms. The second-order valence-corrected chi connectivity index (χ2v) is 25.7. The standard InChI is InChI=1S/C27H33ClO8.C26H33ClO6.C23H29ClO6/c1-18(29)32-16-26(36-20(3)31)17-34-24-12-8-22(9-13-24)27(4,5)21-6-10-23(11-7-21)33-15-25(14-28)35-19(2)30;1-18(14-27)15-31-23-10-6-21(7-11-23)26(4,5)22-8-12-24(13-9-22)32-17-25(33-20(3)29)16-30-19(2)28;1-16(26)30-22(12-24)15-29-21-10-6-18(7-11-21)23(2,3)17-4-8-20(9-5-17)28-14-19(27)13-25/h6-13,25-26H,14-17H2,1-5H3;6-13,18,25H,14-17H2,1-5H3;4-11,19,22,25,27H,12-15H2,1-3H3/t25-,26-;18-,25-;19-,22-/m111/s1. The SMILES string of the molecule is CC(=O)OC[C@H](COc1ccc(C(C)(C)c2ccc(OC[C@@H](CCl)OC(C)=O)cc2)cc1)OC(C)=O.CC(=O)OC[C@H](COc1ccc(C(C)(C)c2ccc(OC[C@H](C)CCl)cc2)cc1)OC(C)=O.CC(=O)O[C@H](CCl)COc1ccc(C(C)(C)c2ccc(OC[C@H](O)CO)cc2)cc1. The van der Waals surface area contributed by atoms with Crippen LogP contribution in [-0.4, -0.2) is 154 Å². The van der Waals surface area contributed by atoms with Crippen molar-refractivity contribution in [2.24, 2.45) is 5.92 Å². The zero-order chi connectivity index (χ0) is 73.3. The average Bonchev–Trinajstić information content (AvgIpc) is 0.818.